The molecule has 0 aromatic rings. The molecule has 0 saturated carbocycles. The molecule has 0 radical (unpaired) electrons. The Morgan fingerprint density at radius 1 is 1.05 bits per heavy atom. The number of carboxylic acid groups (broad SMARTS) is 1. The highest BCUT2D eigenvalue weighted by Crippen LogP contribution is 2.18. The minimum atomic E-state index is -1.28. The van der Waals surface area contributed by atoms with Gasteiger partial charge in [0.25, 0.3) is 0 Å². The number of hydrogen-bond acceptors (Lipinski definition) is 3. The van der Waals surface area contributed by atoms with E-state index in [1.165, 1.54) is 23.6 Å². The molecule has 0 aliphatic carbocycles. The molecule has 6 heteroatoms. The van der Waals surface area contributed by atoms with E-state index in [-0.39, 0.29) is 12.6 Å². The molecule has 0 saturated heterocycles. The van der Waals surface area contributed by atoms with Gasteiger partial charge in [0.1, 0.15) is 5.54 Å². The number of carbonyl (C=O) groups is 2. The number of likely N-dealkylation sites (N-methyl/N-ethyl adjacent to an activating group) is 2. The predicted octanol–water partition coefficient (Wildman–Crippen LogP) is 1.38. The zero-order valence-corrected chi connectivity index (χ0v) is 12.7. The average molecular weight is 274 g/mol. The molecule has 2 N–H and O–H groups in total. The molecule has 0 aliphatic rings. The summed E-state index contributed by atoms with van der Waals surface area (Å²) in [6, 6.07) is -0.375. The Labute approximate surface area is 115 Å². The van der Waals surface area contributed by atoms with Gasteiger partial charge in [0, 0.05) is 13.1 Å². The van der Waals surface area contributed by atoms with Crippen molar-refractivity contribution >= 4 is 12.0 Å². The van der Waals surface area contributed by atoms with Crippen LogP contribution < -0.4 is 0 Å². The largest absolute Gasteiger partial charge is 0.480 e. The Morgan fingerprint density at radius 2 is 1.53 bits per heavy atom. The lowest BCUT2D eigenvalue weighted by atomic mass is 10.0. The van der Waals surface area contributed by atoms with Crippen LogP contribution in [-0.4, -0.2) is 62.8 Å². The van der Waals surface area contributed by atoms with E-state index in [1.807, 2.05) is 0 Å². The van der Waals surface area contributed by atoms with Gasteiger partial charge in [0.05, 0.1) is 12.1 Å². The van der Waals surface area contributed by atoms with Crippen molar-refractivity contribution < 1.29 is 19.8 Å². The molecule has 6 nitrogen and oxygen atoms in total. The smallest absolute Gasteiger partial charge is 0.329 e. The molecule has 0 rings (SSSR count). The molecule has 0 aromatic heterocycles. The summed E-state index contributed by atoms with van der Waals surface area (Å²) in [5.74, 6) is -1.05. The summed E-state index contributed by atoms with van der Waals surface area (Å²) in [5.41, 5.74) is -2.29. The molecule has 2 amide bonds. The Morgan fingerprint density at radius 3 is 1.79 bits per heavy atom. The Bertz CT molecular complexity index is 334. The van der Waals surface area contributed by atoms with Crippen molar-refractivity contribution in [1.82, 2.24) is 9.80 Å². The second-order valence-electron chi connectivity index (χ2n) is 5.72. The Kier molecular flexibility index (Phi) is 5.81. The van der Waals surface area contributed by atoms with Crippen molar-refractivity contribution in [3.63, 3.8) is 0 Å². The van der Waals surface area contributed by atoms with E-state index in [1.54, 1.807) is 27.7 Å². The molecule has 19 heavy (non-hydrogen) atoms. The summed E-state index contributed by atoms with van der Waals surface area (Å²) in [6.07, 6.45) is 0. The average Bonchev–Trinajstić information content (AvgIpc) is 2.24. The summed E-state index contributed by atoms with van der Waals surface area (Å²) in [5, 5.41) is 19.0. The number of rotatable bonds is 6. The van der Waals surface area contributed by atoms with Crippen LogP contribution in [0, 0.1) is 0 Å². The molecule has 0 atom stereocenters. The first-order valence-corrected chi connectivity index (χ1v) is 6.49. The normalized spacial score (nSPS) is 12.2. The zero-order valence-electron chi connectivity index (χ0n) is 12.7. The third-order valence-corrected chi connectivity index (χ3v) is 2.98. The fraction of sp³-hybridized carbons (Fsp3) is 0.846. The zero-order chi connectivity index (χ0) is 15.4. The lowest BCUT2D eigenvalue weighted by molar-refractivity contribution is -0.147. The standard InChI is InChI=1S/C13H26N2O4/c1-7-14(9-12(3,4)19)11(18)15(8-2)13(5,6)10(16)17/h19H,7-9H2,1-6H3,(H,16,17). The van der Waals surface area contributed by atoms with Crippen LogP contribution in [0.1, 0.15) is 41.5 Å². The van der Waals surface area contributed by atoms with Crippen LogP contribution in [0.2, 0.25) is 0 Å². The summed E-state index contributed by atoms with van der Waals surface area (Å²) in [7, 11) is 0. The van der Waals surface area contributed by atoms with Crippen LogP contribution in [-0.2, 0) is 4.79 Å². The number of aliphatic carboxylic acids is 1. The fourth-order valence-corrected chi connectivity index (χ4v) is 1.84. The van der Waals surface area contributed by atoms with E-state index in [0.29, 0.717) is 13.1 Å². The number of aliphatic hydroxyl groups is 1. The second-order valence-corrected chi connectivity index (χ2v) is 5.72. The van der Waals surface area contributed by atoms with Gasteiger partial charge >= 0.3 is 12.0 Å². The van der Waals surface area contributed by atoms with Crippen molar-refractivity contribution in [3.05, 3.63) is 0 Å². The molecule has 112 valence electrons. The van der Waals surface area contributed by atoms with Gasteiger partial charge < -0.3 is 20.0 Å². The quantitative estimate of drug-likeness (QED) is 0.767. The van der Waals surface area contributed by atoms with E-state index in [9.17, 15) is 19.8 Å². The van der Waals surface area contributed by atoms with E-state index >= 15 is 0 Å². The highest BCUT2D eigenvalue weighted by molar-refractivity contribution is 5.85. The van der Waals surface area contributed by atoms with Crippen LogP contribution in [0.5, 0.6) is 0 Å². The van der Waals surface area contributed by atoms with Gasteiger partial charge in [0.2, 0.25) is 0 Å². The van der Waals surface area contributed by atoms with Crippen molar-refractivity contribution in [2.75, 3.05) is 19.6 Å². The van der Waals surface area contributed by atoms with Crippen LogP contribution in [0.25, 0.3) is 0 Å². The van der Waals surface area contributed by atoms with Crippen molar-refractivity contribution in [1.29, 1.82) is 0 Å². The molecule has 0 unspecified atom stereocenters. The molecule has 0 spiro atoms. The number of hydrogen-bond donors (Lipinski definition) is 2. The van der Waals surface area contributed by atoms with Crippen molar-refractivity contribution in [2.45, 2.75) is 52.7 Å². The molecular formula is C13H26N2O4. The van der Waals surface area contributed by atoms with Crippen LogP contribution >= 0.6 is 0 Å². The molecule has 0 heterocycles. The number of amides is 2. The lowest BCUT2D eigenvalue weighted by Crippen LogP contribution is -2.58. The summed E-state index contributed by atoms with van der Waals surface area (Å²) in [4.78, 5) is 26.4. The van der Waals surface area contributed by atoms with Crippen molar-refractivity contribution in [2.24, 2.45) is 0 Å². The van der Waals surface area contributed by atoms with E-state index < -0.39 is 17.1 Å². The molecule has 0 fully saturated rings. The van der Waals surface area contributed by atoms with Gasteiger partial charge in [-0.25, -0.2) is 9.59 Å². The number of urea groups is 1. The Hall–Kier alpha value is -1.30. The minimum Gasteiger partial charge on any atom is -0.480 e. The van der Waals surface area contributed by atoms with Gasteiger partial charge in [0.15, 0.2) is 0 Å². The van der Waals surface area contributed by atoms with E-state index in [2.05, 4.69) is 0 Å². The molecule has 0 aromatic carbocycles. The lowest BCUT2D eigenvalue weighted by Gasteiger charge is -2.39. The van der Waals surface area contributed by atoms with E-state index in [4.69, 9.17) is 0 Å². The number of carbonyl (C=O) groups excluding carboxylic acids is 1. The van der Waals surface area contributed by atoms with Crippen LogP contribution in [0.4, 0.5) is 4.79 Å². The third-order valence-electron chi connectivity index (χ3n) is 2.98. The summed E-state index contributed by atoms with van der Waals surface area (Å²) < 4.78 is 0. The second kappa shape index (κ2) is 6.23. The maximum absolute atomic E-state index is 12.4. The van der Waals surface area contributed by atoms with Crippen molar-refractivity contribution in [3.8, 4) is 0 Å². The van der Waals surface area contributed by atoms with Gasteiger partial charge in [-0.1, -0.05) is 0 Å². The minimum absolute atomic E-state index is 0.161. The maximum Gasteiger partial charge on any atom is 0.329 e. The van der Waals surface area contributed by atoms with E-state index in [0.717, 1.165) is 0 Å². The summed E-state index contributed by atoms with van der Waals surface area (Å²) in [6.45, 7) is 10.6. The monoisotopic (exact) mass is 274 g/mol. The molecule has 0 bridgehead atoms. The van der Waals surface area contributed by atoms with Crippen LogP contribution in [0.3, 0.4) is 0 Å². The van der Waals surface area contributed by atoms with Crippen LogP contribution in [0.15, 0.2) is 0 Å². The molecular weight excluding hydrogens is 248 g/mol. The van der Waals surface area contributed by atoms with Gasteiger partial charge in [-0.3, -0.25) is 0 Å². The predicted molar refractivity (Wildman–Crippen MR) is 73.0 cm³/mol. The molecule has 0 aliphatic heterocycles. The number of carboxylic acids is 1. The fourth-order valence-electron chi connectivity index (χ4n) is 1.84. The Balaban J connectivity index is 5.17. The third kappa shape index (κ3) is 4.70. The van der Waals surface area contributed by atoms with Gasteiger partial charge in [-0.15, -0.1) is 0 Å². The topological polar surface area (TPSA) is 81.1 Å². The highest BCUT2D eigenvalue weighted by Gasteiger charge is 2.39. The highest BCUT2D eigenvalue weighted by atomic mass is 16.4. The summed E-state index contributed by atoms with van der Waals surface area (Å²) >= 11 is 0. The first kappa shape index (κ1) is 17.7. The number of nitrogens with zero attached hydrogens (tertiary/aromatic N) is 2. The first-order chi connectivity index (χ1) is 8.47. The maximum atomic E-state index is 12.4. The first-order valence-electron chi connectivity index (χ1n) is 6.49. The van der Waals surface area contributed by atoms with Gasteiger partial charge in [-0.2, -0.15) is 0 Å². The SMILES string of the molecule is CCN(CC(C)(C)O)C(=O)N(CC)C(C)(C)C(=O)O. The van der Waals surface area contributed by atoms with Gasteiger partial charge in [-0.05, 0) is 41.5 Å².